The lowest BCUT2D eigenvalue weighted by Crippen LogP contribution is -2.32. The number of nitrogens with two attached hydrogens (primary N) is 1. The molecule has 0 aliphatic heterocycles. The average molecular weight is 427 g/mol. The molecule has 2 aromatic carbocycles. The van der Waals surface area contributed by atoms with Gasteiger partial charge in [0.1, 0.15) is 5.69 Å². The van der Waals surface area contributed by atoms with Gasteiger partial charge in [0.2, 0.25) is 0 Å². The molecule has 8 heteroatoms. The number of carbonyl (C=O) groups excluding carboxylic acids is 1. The normalized spacial score (nSPS) is 11.4. The maximum Gasteiger partial charge on any atom is 0.268 e. The van der Waals surface area contributed by atoms with Gasteiger partial charge in [0.25, 0.3) is 5.91 Å². The van der Waals surface area contributed by atoms with E-state index in [0.29, 0.717) is 43.2 Å². The molecule has 3 rings (SSSR count). The molecule has 0 bridgehead atoms. The lowest BCUT2D eigenvalue weighted by molar-refractivity contribution is 0.0945. The highest BCUT2D eigenvalue weighted by Gasteiger charge is 2.14. The van der Waals surface area contributed by atoms with Crippen LogP contribution >= 0.6 is 11.3 Å². The van der Waals surface area contributed by atoms with Gasteiger partial charge in [0, 0.05) is 25.0 Å². The molecular formula is C22H26N4O3S. The second-order valence-electron chi connectivity index (χ2n) is 6.49. The van der Waals surface area contributed by atoms with E-state index in [1.54, 1.807) is 14.2 Å². The number of methoxy groups -OCH3 is 2. The van der Waals surface area contributed by atoms with Crippen molar-refractivity contribution in [3.63, 3.8) is 0 Å². The minimum absolute atomic E-state index is 0.154. The van der Waals surface area contributed by atoms with Crippen molar-refractivity contribution in [1.82, 2.24) is 9.88 Å². The molecule has 7 nitrogen and oxygen atoms in total. The first kappa shape index (κ1) is 21.6. The molecule has 3 N–H and O–H groups in total. The fourth-order valence-corrected chi connectivity index (χ4v) is 3.91. The fourth-order valence-electron chi connectivity index (χ4n) is 2.98. The molecule has 1 heterocycles. The van der Waals surface area contributed by atoms with Crippen molar-refractivity contribution in [2.45, 2.75) is 13.0 Å². The van der Waals surface area contributed by atoms with Crippen LogP contribution in [-0.2, 0) is 13.0 Å². The third kappa shape index (κ3) is 5.28. The lowest BCUT2D eigenvalue weighted by Gasteiger charge is -2.12. The Hall–Kier alpha value is -3.10. The summed E-state index contributed by atoms with van der Waals surface area (Å²) >= 11 is 1.44. The predicted octanol–water partition coefficient (Wildman–Crippen LogP) is 2.73. The van der Waals surface area contributed by atoms with Crippen LogP contribution in [0.15, 0.2) is 58.9 Å². The molecule has 0 atom stereocenters. The fraction of sp³-hybridized carbons (Fsp3) is 0.273. The van der Waals surface area contributed by atoms with Gasteiger partial charge in [-0.15, -0.1) is 11.3 Å². The van der Waals surface area contributed by atoms with Gasteiger partial charge in [0.05, 0.1) is 19.9 Å². The Morgan fingerprint density at radius 1 is 1.13 bits per heavy atom. The number of para-hydroxylation sites is 1. The van der Waals surface area contributed by atoms with Crippen LogP contribution in [0.2, 0.25) is 0 Å². The summed E-state index contributed by atoms with van der Waals surface area (Å²) in [5.41, 5.74) is 8.01. The van der Waals surface area contributed by atoms with Crippen molar-refractivity contribution < 1.29 is 14.3 Å². The summed E-state index contributed by atoms with van der Waals surface area (Å²) in [7, 11) is 3.23. The smallest absolute Gasteiger partial charge is 0.268 e. The third-order valence-corrected chi connectivity index (χ3v) is 5.38. The Morgan fingerprint density at radius 3 is 2.60 bits per heavy atom. The molecule has 158 valence electrons. The monoisotopic (exact) mass is 426 g/mol. The van der Waals surface area contributed by atoms with E-state index >= 15 is 0 Å². The predicted molar refractivity (Wildman–Crippen MR) is 119 cm³/mol. The summed E-state index contributed by atoms with van der Waals surface area (Å²) in [5, 5.41) is 4.68. The molecule has 30 heavy (non-hydrogen) atoms. The summed E-state index contributed by atoms with van der Waals surface area (Å²) in [6.45, 7) is 1.41. The molecule has 0 saturated carbocycles. The number of hydrogen-bond donors (Lipinski definition) is 2. The van der Waals surface area contributed by atoms with Crippen LogP contribution < -0.4 is 25.3 Å². The molecule has 0 spiro atoms. The molecule has 0 aliphatic carbocycles. The molecule has 0 radical (unpaired) electrons. The summed E-state index contributed by atoms with van der Waals surface area (Å²) in [5.74, 6) is 1.21. The van der Waals surface area contributed by atoms with Crippen LogP contribution in [0.25, 0.3) is 0 Å². The van der Waals surface area contributed by atoms with Crippen LogP contribution in [0.1, 0.15) is 16.1 Å². The van der Waals surface area contributed by atoms with Crippen molar-refractivity contribution >= 4 is 22.9 Å². The summed E-state index contributed by atoms with van der Waals surface area (Å²) in [4.78, 5) is 18.1. The molecule has 0 aliphatic rings. The van der Waals surface area contributed by atoms with Crippen molar-refractivity contribution in [3.05, 3.63) is 70.0 Å². The van der Waals surface area contributed by atoms with Crippen molar-refractivity contribution in [1.29, 1.82) is 0 Å². The molecule has 0 unspecified atom stereocenters. The Morgan fingerprint density at radius 2 is 1.90 bits per heavy atom. The molecule has 0 fully saturated rings. The first-order chi connectivity index (χ1) is 14.7. The van der Waals surface area contributed by atoms with Gasteiger partial charge < -0.3 is 25.1 Å². The van der Waals surface area contributed by atoms with Crippen LogP contribution in [-0.4, -0.2) is 37.8 Å². The number of aryl methyl sites for hydroxylation is 1. The zero-order valence-corrected chi connectivity index (χ0v) is 17.9. The SMILES string of the molecule is COc1ccc(CCn2c(C(=O)NCCN)csc2=Nc2ccccc2)cc1OC. The van der Waals surface area contributed by atoms with Gasteiger partial charge >= 0.3 is 0 Å². The van der Waals surface area contributed by atoms with Crippen LogP contribution in [0.4, 0.5) is 5.69 Å². The highest BCUT2D eigenvalue weighted by atomic mass is 32.1. The number of thiazole rings is 1. The minimum Gasteiger partial charge on any atom is -0.493 e. The first-order valence-electron chi connectivity index (χ1n) is 9.63. The summed E-state index contributed by atoms with van der Waals surface area (Å²) < 4.78 is 12.7. The Balaban J connectivity index is 1.92. The van der Waals surface area contributed by atoms with E-state index in [2.05, 4.69) is 5.32 Å². The number of nitrogens with zero attached hydrogens (tertiary/aromatic N) is 2. The lowest BCUT2D eigenvalue weighted by atomic mass is 10.1. The standard InChI is InChI=1S/C22H26N4O3S/c1-28-19-9-8-16(14-20(19)29-2)10-13-26-18(21(27)24-12-11-23)15-30-22(26)25-17-6-4-3-5-7-17/h3-9,14-15H,10-13,23H2,1-2H3,(H,24,27). The summed E-state index contributed by atoms with van der Waals surface area (Å²) in [6.07, 6.45) is 0.705. The number of amides is 1. The van der Waals surface area contributed by atoms with Crippen LogP contribution in [0.5, 0.6) is 11.5 Å². The van der Waals surface area contributed by atoms with Gasteiger partial charge in [-0.25, -0.2) is 4.99 Å². The van der Waals surface area contributed by atoms with E-state index in [0.717, 1.165) is 16.1 Å². The van der Waals surface area contributed by atoms with Crippen LogP contribution in [0.3, 0.4) is 0 Å². The van der Waals surface area contributed by atoms with E-state index < -0.39 is 0 Å². The Labute approximate surface area is 179 Å². The topological polar surface area (TPSA) is 90.9 Å². The van der Waals surface area contributed by atoms with E-state index in [1.165, 1.54) is 11.3 Å². The quantitative estimate of drug-likeness (QED) is 0.550. The number of nitrogens with one attached hydrogen (secondary N) is 1. The number of aromatic nitrogens is 1. The Kier molecular flexibility index (Phi) is 7.64. The van der Waals surface area contributed by atoms with E-state index in [9.17, 15) is 4.79 Å². The van der Waals surface area contributed by atoms with Gasteiger partial charge in [-0.2, -0.15) is 0 Å². The zero-order chi connectivity index (χ0) is 21.3. The van der Waals surface area contributed by atoms with Gasteiger partial charge in [-0.1, -0.05) is 24.3 Å². The molecule has 1 aromatic heterocycles. The molecular weight excluding hydrogens is 400 g/mol. The highest BCUT2D eigenvalue weighted by Crippen LogP contribution is 2.27. The average Bonchev–Trinajstić information content (AvgIpc) is 3.18. The first-order valence-corrected chi connectivity index (χ1v) is 10.5. The number of ether oxygens (including phenoxy) is 2. The van der Waals surface area contributed by atoms with Gasteiger partial charge in [0.15, 0.2) is 16.3 Å². The van der Waals surface area contributed by atoms with Crippen molar-refractivity contribution in [3.8, 4) is 11.5 Å². The largest absolute Gasteiger partial charge is 0.493 e. The molecule has 0 saturated heterocycles. The van der Waals surface area contributed by atoms with Crippen molar-refractivity contribution in [2.24, 2.45) is 10.7 Å². The zero-order valence-electron chi connectivity index (χ0n) is 17.1. The van der Waals surface area contributed by atoms with Gasteiger partial charge in [-0.05, 0) is 36.2 Å². The second kappa shape index (κ2) is 10.6. The number of rotatable bonds is 9. The summed E-state index contributed by atoms with van der Waals surface area (Å²) in [6, 6.07) is 15.5. The number of hydrogen-bond acceptors (Lipinski definition) is 6. The van der Waals surface area contributed by atoms with E-state index in [-0.39, 0.29) is 5.91 Å². The Bertz CT molecular complexity index is 1040. The second-order valence-corrected chi connectivity index (χ2v) is 7.32. The number of benzene rings is 2. The van der Waals surface area contributed by atoms with Gasteiger partial charge in [-0.3, -0.25) is 4.79 Å². The van der Waals surface area contributed by atoms with E-state index in [4.69, 9.17) is 20.2 Å². The third-order valence-electron chi connectivity index (χ3n) is 4.51. The van der Waals surface area contributed by atoms with Crippen molar-refractivity contribution in [2.75, 3.05) is 27.3 Å². The molecule has 1 amide bonds. The maximum atomic E-state index is 12.6. The minimum atomic E-state index is -0.154. The maximum absolute atomic E-state index is 12.6. The number of carbonyl (C=O) groups is 1. The molecule has 3 aromatic rings. The van der Waals surface area contributed by atoms with Crippen LogP contribution in [0, 0.1) is 0 Å². The van der Waals surface area contributed by atoms with E-state index in [1.807, 2.05) is 58.5 Å². The highest BCUT2D eigenvalue weighted by molar-refractivity contribution is 7.07.